The third-order valence-corrected chi connectivity index (χ3v) is 2.19. The molecule has 0 aliphatic heterocycles. The van der Waals surface area contributed by atoms with E-state index in [-0.39, 0.29) is 11.5 Å². The van der Waals surface area contributed by atoms with Crippen molar-refractivity contribution in [3.05, 3.63) is 34.1 Å². The first-order chi connectivity index (χ1) is 7.56. The number of hydrogen-bond acceptors (Lipinski definition) is 3. The number of aromatic amines is 1. The van der Waals surface area contributed by atoms with Crippen molar-refractivity contribution < 1.29 is 4.79 Å². The lowest BCUT2D eigenvalue weighted by Crippen LogP contribution is -2.11. The molecule has 2 aromatic heterocycles. The van der Waals surface area contributed by atoms with Gasteiger partial charge in [-0.05, 0) is 25.1 Å². The zero-order chi connectivity index (χ0) is 11.7. The summed E-state index contributed by atoms with van der Waals surface area (Å²) in [6, 6.07) is 5.26. The second-order valence-electron chi connectivity index (χ2n) is 3.60. The van der Waals surface area contributed by atoms with Crippen LogP contribution >= 0.6 is 0 Å². The molecular formula is C11H11N3O2. The Hall–Kier alpha value is -2.17. The molecule has 2 N–H and O–H groups in total. The molecule has 1 amide bonds. The van der Waals surface area contributed by atoms with Crippen LogP contribution in [0.3, 0.4) is 0 Å². The van der Waals surface area contributed by atoms with Crippen molar-refractivity contribution in [3.8, 4) is 0 Å². The number of carbonyl (C=O) groups excluding carboxylic acids is 1. The summed E-state index contributed by atoms with van der Waals surface area (Å²) in [7, 11) is 0. The van der Waals surface area contributed by atoms with Crippen molar-refractivity contribution in [1.29, 1.82) is 0 Å². The molecule has 16 heavy (non-hydrogen) atoms. The zero-order valence-electron chi connectivity index (χ0n) is 9.00. The molecule has 0 fully saturated rings. The molecule has 0 unspecified atom stereocenters. The number of anilines is 1. The molecule has 82 valence electrons. The molecule has 5 nitrogen and oxygen atoms in total. The SMILES string of the molecule is CC(=O)Nc1ccc2cc(C)c(=O)[nH]c2n1. The Labute approximate surface area is 91.5 Å². The van der Waals surface area contributed by atoms with Gasteiger partial charge in [-0.3, -0.25) is 9.59 Å². The van der Waals surface area contributed by atoms with Gasteiger partial charge in [0.1, 0.15) is 11.5 Å². The number of nitrogens with zero attached hydrogens (tertiary/aromatic N) is 1. The number of nitrogens with one attached hydrogen (secondary N) is 2. The number of aromatic nitrogens is 2. The highest BCUT2D eigenvalue weighted by atomic mass is 16.1. The lowest BCUT2D eigenvalue weighted by Gasteiger charge is -2.03. The molecule has 2 rings (SSSR count). The number of carbonyl (C=O) groups is 1. The van der Waals surface area contributed by atoms with Gasteiger partial charge in [0.15, 0.2) is 0 Å². The van der Waals surface area contributed by atoms with Crippen LogP contribution < -0.4 is 10.9 Å². The van der Waals surface area contributed by atoms with Crippen molar-refractivity contribution in [2.75, 3.05) is 5.32 Å². The number of hydrogen-bond donors (Lipinski definition) is 2. The lowest BCUT2D eigenvalue weighted by atomic mass is 10.2. The summed E-state index contributed by atoms with van der Waals surface area (Å²) in [5, 5.41) is 3.40. The van der Waals surface area contributed by atoms with Crippen LogP contribution in [0.5, 0.6) is 0 Å². The maximum absolute atomic E-state index is 11.4. The Morgan fingerprint density at radius 3 is 2.88 bits per heavy atom. The number of H-pyrrole nitrogens is 1. The molecule has 0 saturated heterocycles. The van der Waals surface area contributed by atoms with E-state index in [1.165, 1.54) is 6.92 Å². The average molecular weight is 217 g/mol. The highest BCUT2D eigenvalue weighted by Gasteiger charge is 2.02. The topological polar surface area (TPSA) is 74.8 Å². The highest BCUT2D eigenvalue weighted by Crippen LogP contribution is 2.12. The van der Waals surface area contributed by atoms with Crippen LogP contribution in [0.1, 0.15) is 12.5 Å². The molecule has 0 aromatic carbocycles. The number of amides is 1. The van der Waals surface area contributed by atoms with Gasteiger partial charge in [-0.2, -0.15) is 0 Å². The number of pyridine rings is 2. The first kappa shape index (κ1) is 10.4. The van der Waals surface area contributed by atoms with Gasteiger partial charge in [0.2, 0.25) is 5.91 Å². The highest BCUT2D eigenvalue weighted by molar-refractivity contribution is 5.89. The van der Waals surface area contributed by atoms with E-state index in [9.17, 15) is 9.59 Å². The van der Waals surface area contributed by atoms with E-state index in [1.54, 1.807) is 25.1 Å². The van der Waals surface area contributed by atoms with E-state index >= 15 is 0 Å². The maximum Gasteiger partial charge on any atom is 0.252 e. The Bertz CT molecular complexity index is 616. The Morgan fingerprint density at radius 1 is 1.44 bits per heavy atom. The van der Waals surface area contributed by atoms with Crippen LogP contribution in [0.2, 0.25) is 0 Å². The van der Waals surface area contributed by atoms with E-state index in [1.807, 2.05) is 0 Å². The third kappa shape index (κ3) is 1.93. The standard InChI is InChI=1S/C11H11N3O2/c1-6-5-8-3-4-9(12-7(2)15)13-10(8)14-11(6)16/h3-5H,1-2H3,(H2,12,13,14,15,16). The van der Waals surface area contributed by atoms with Gasteiger partial charge >= 0.3 is 0 Å². The van der Waals surface area contributed by atoms with Gasteiger partial charge in [0.25, 0.3) is 5.56 Å². The summed E-state index contributed by atoms with van der Waals surface area (Å²) < 4.78 is 0. The molecule has 2 aromatic rings. The van der Waals surface area contributed by atoms with Gasteiger partial charge in [-0.15, -0.1) is 0 Å². The normalized spacial score (nSPS) is 10.4. The largest absolute Gasteiger partial charge is 0.311 e. The molecule has 0 bridgehead atoms. The van der Waals surface area contributed by atoms with Crippen LogP contribution in [-0.2, 0) is 4.79 Å². The monoisotopic (exact) mass is 217 g/mol. The summed E-state index contributed by atoms with van der Waals surface area (Å²) in [5.41, 5.74) is 0.948. The summed E-state index contributed by atoms with van der Waals surface area (Å²) in [4.78, 5) is 29.0. The van der Waals surface area contributed by atoms with Gasteiger partial charge in [-0.25, -0.2) is 4.98 Å². The second kappa shape index (κ2) is 3.77. The fraction of sp³-hybridized carbons (Fsp3) is 0.182. The van der Waals surface area contributed by atoms with Crippen LogP contribution in [0.4, 0.5) is 5.82 Å². The molecule has 0 spiro atoms. The quantitative estimate of drug-likeness (QED) is 0.753. The van der Waals surface area contributed by atoms with E-state index in [2.05, 4.69) is 15.3 Å². The van der Waals surface area contributed by atoms with Crippen LogP contribution in [-0.4, -0.2) is 15.9 Å². The van der Waals surface area contributed by atoms with Crippen molar-refractivity contribution in [2.24, 2.45) is 0 Å². The van der Waals surface area contributed by atoms with Gasteiger partial charge in [-0.1, -0.05) is 0 Å². The van der Waals surface area contributed by atoms with Gasteiger partial charge < -0.3 is 10.3 Å². The van der Waals surface area contributed by atoms with E-state index in [0.29, 0.717) is 17.0 Å². The van der Waals surface area contributed by atoms with Crippen molar-refractivity contribution in [3.63, 3.8) is 0 Å². The molecule has 5 heteroatoms. The Kier molecular flexibility index (Phi) is 2.44. The first-order valence-electron chi connectivity index (χ1n) is 4.84. The smallest absolute Gasteiger partial charge is 0.252 e. The lowest BCUT2D eigenvalue weighted by molar-refractivity contribution is -0.114. The van der Waals surface area contributed by atoms with Crippen LogP contribution in [0, 0.1) is 6.92 Å². The predicted octanol–water partition coefficient (Wildman–Crippen LogP) is 1.19. The molecule has 0 aliphatic rings. The molecule has 0 radical (unpaired) electrons. The van der Waals surface area contributed by atoms with Crippen LogP contribution in [0.25, 0.3) is 11.0 Å². The minimum atomic E-state index is -0.193. The summed E-state index contributed by atoms with van der Waals surface area (Å²) >= 11 is 0. The molecule has 0 atom stereocenters. The van der Waals surface area contributed by atoms with Gasteiger partial charge in [0, 0.05) is 17.9 Å². The van der Waals surface area contributed by atoms with E-state index in [0.717, 1.165) is 5.39 Å². The Morgan fingerprint density at radius 2 is 2.19 bits per heavy atom. The number of fused-ring (bicyclic) bond motifs is 1. The van der Waals surface area contributed by atoms with Crippen molar-refractivity contribution >= 4 is 22.8 Å². The Balaban J connectivity index is 2.57. The minimum Gasteiger partial charge on any atom is -0.311 e. The molecule has 0 aliphatic carbocycles. The summed E-state index contributed by atoms with van der Waals surface area (Å²) in [5.74, 6) is 0.237. The predicted molar refractivity (Wildman–Crippen MR) is 61.4 cm³/mol. The second-order valence-corrected chi connectivity index (χ2v) is 3.60. The minimum absolute atomic E-state index is 0.167. The van der Waals surface area contributed by atoms with Crippen molar-refractivity contribution in [1.82, 2.24) is 9.97 Å². The summed E-state index contributed by atoms with van der Waals surface area (Å²) in [6.45, 7) is 3.14. The summed E-state index contributed by atoms with van der Waals surface area (Å²) in [6.07, 6.45) is 0. The van der Waals surface area contributed by atoms with E-state index in [4.69, 9.17) is 0 Å². The van der Waals surface area contributed by atoms with E-state index < -0.39 is 0 Å². The molecular weight excluding hydrogens is 206 g/mol. The average Bonchev–Trinajstić information content (AvgIpc) is 2.19. The van der Waals surface area contributed by atoms with Gasteiger partial charge in [0.05, 0.1) is 0 Å². The van der Waals surface area contributed by atoms with Crippen LogP contribution in [0.15, 0.2) is 23.0 Å². The fourth-order valence-electron chi connectivity index (χ4n) is 1.44. The molecule has 2 heterocycles. The molecule has 0 saturated carbocycles. The number of aryl methyl sites for hydroxylation is 1. The fourth-order valence-corrected chi connectivity index (χ4v) is 1.44. The zero-order valence-corrected chi connectivity index (χ0v) is 9.00. The van der Waals surface area contributed by atoms with Crippen molar-refractivity contribution in [2.45, 2.75) is 13.8 Å². The maximum atomic E-state index is 11.4. The first-order valence-corrected chi connectivity index (χ1v) is 4.84. The number of rotatable bonds is 1. The third-order valence-electron chi connectivity index (χ3n) is 2.19.